The summed E-state index contributed by atoms with van der Waals surface area (Å²) in [6.45, 7) is 0. The van der Waals surface area contributed by atoms with Gasteiger partial charge in [-0.15, -0.1) is 0 Å². The van der Waals surface area contributed by atoms with Crippen LogP contribution in [0, 0.1) is 0 Å². The van der Waals surface area contributed by atoms with Gasteiger partial charge >= 0.3 is 11.8 Å². The summed E-state index contributed by atoms with van der Waals surface area (Å²) in [5.41, 5.74) is -1.63. The third-order valence-corrected chi connectivity index (χ3v) is 1.67. The minimum absolute atomic E-state index is 0.00972. The maximum absolute atomic E-state index is 10.7. The molecule has 0 atom stereocenters. The number of nitrogens with one attached hydrogen (secondary N) is 1. The standard InChI is InChI=1S/C5H3BrN2O4/c6-2-1-8(5(11)12)4(10)7-3(2)9/h1H,(H,11,12)(H,7,9,10). The second-order valence-corrected chi connectivity index (χ2v) is 2.74. The van der Waals surface area contributed by atoms with Crippen molar-refractivity contribution in [2.24, 2.45) is 0 Å². The molecule has 0 unspecified atom stereocenters. The summed E-state index contributed by atoms with van der Waals surface area (Å²) in [6, 6.07) is 0. The molecule has 7 heteroatoms. The zero-order chi connectivity index (χ0) is 9.30. The van der Waals surface area contributed by atoms with Gasteiger partial charge in [-0.1, -0.05) is 0 Å². The third kappa shape index (κ3) is 1.45. The number of H-pyrrole nitrogens is 1. The molecule has 1 rings (SSSR count). The molecular formula is C5H3BrN2O4. The van der Waals surface area contributed by atoms with Crippen LogP contribution >= 0.6 is 15.9 Å². The van der Waals surface area contributed by atoms with Crippen molar-refractivity contribution < 1.29 is 9.90 Å². The molecule has 1 aromatic rings. The van der Waals surface area contributed by atoms with Crippen molar-refractivity contribution in [2.45, 2.75) is 0 Å². The van der Waals surface area contributed by atoms with Gasteiger partial charge in [-0.05, 0) is 15.9 Å². The molecule has 0 aliphatic heterocycles. The number of aromatic nitrogens is 2. The number of hydrogen-bond donors (Lipinski definition) is 2. The van der Waals surface area contributed by atoms with E-state index in [1.54, 1.807) is 0 Å². The SMILES string of the molecule is O=C(O)n1cc(Br)c(=O)[nH]c1=O. The summed E-state index contributed by atoms with van der Waals surface area (Å²) in [7, 11) is 0. The van der Waals surface area contributed by atoms with Gasteiger partial charge in [-0.3, -0.25) is 9.78 Å². The Morgan fingerprint density at radius 2 is 2.17 bits per heavy atom. The molecule has 0 saturated heterocycles. The van der Waals surface area contributed by atoms with Gasteiger partial charge in [0, 0.05) is 6.20 Å². The van der Waals surface area contributed by atoms with Gasteiger partial charge in [0.15, 0.2) is 0 Å². The second-order valence-electron chi connectivity index (χ2n) is 1.89. The highest BCUT2D eigenvalue weighted by atomic mass is 79.9. The molecule has 0 amide bonds. The summed E-state index contributed by atoms with van der Waals surface area (Å²) < 4.78 is 0.357. The summed E-state index contributed by atoms with van der Waals surface area (Å²) in [4.78, 5) is 33.6. The first-order valence-electron chi connectivity index (χ1n) is 2.77. The quantitative estimate of drug-likeness (QED) is 0.652. The number of hydrogen-bond acceptors (Lipinski definition) is 3. The number of nitrogens with zero attached hydrogens (tertiary/aromatic N) is 1. The third-order valence-electron chi connectivity index (χ3n) is 1.10. The Morgan fingerprint density at radius 3 is 2.67 bits per heavy atom. The first-order chi connectivity index (χ1) is 5.52. The lowest BCUT2D eigenvalue weighted by molar-refractivity contribution is 0.194. The number of carbonyl (C=O) groups is 1. The molecule has 0 aromatic carbocycles. The Labute approximate surface area is 73.6 Å². The largest absolute Gasteiger partial charge is 0.464 e. The Morgan fingerprint density at radius 1 is 1.58 bits per heavy atom. The Kier molecular flexibility index (Phi) is 2.13. The maximum atomic E-state index is 10.7. The van der Waals surface area contributed by atoms with Crippen molar-refractivity contribution in [3.8, 4) is 0 Å². The van der Waals surface area contributed by atoms with Gasteiger partial charge < -0.3 is 5.11 Å². The lowest BCUT2D eigenvalue weighted by atomic mass is 10.6. The fourth-order valence-corrected chi connectivity index (χ4v) is 0.894. The summed E-state index contributed by atoms with van der Waals surface area (Å²) in [6.07, 6.45) is -0.555. The van der Waals surface area contributed by atoms with E-state index in [1.807, 2.05) is 4.98 Å². The first-order valence-corrected chi connectivity index (χ1v) is 3.56. The molecule has 1 heterocycles. The zero-order valence-corrected chi connectivity index (χ0v) is 7.16. The molecule has 0 spiro atoms. The van der Waals surface area contributed by atoms with E-state index < -0.39 is 17.3 Å². The summed E-state index contributed by atoms with van der Waals surface area (Å²) in [5, 5.41) is 8.40. The van der Waals surface area contributed by atoms with Crippen LogP contribution in [0.15, 0.2) is 20.3 Å². The van der Waals surface area contributed by atoms with E-state index in [4.69, 9.17) is 5.11 Å². The van der Waals surface area contributed by atoms with Crippen molar-refractivity contribution in [3.63, 3.8) is 0 Å². The predicted molar refractivity (Wildman–Crippen MR) is 42.4 cm³/mol. The van der Waals surface area contributed by atoms with Crippen LogP contribution < -0.4 is 11.2 Å². The van der Waals surface area contributed by atoms with Gasteiger partial charge in [0.2, 0.25) is 0 Å². The fourth-order valence-electron chi connectivity index (χ4n) is 0.590. The van der Waals surface area contributed by atoms with E-state index in [0.29, 0.717) is 4.57 Å². The molecule has 64 valence electrons. The van der Waals surface area contributed by atoms with Crippen molar-refractivity contribution in [3.05, 3.63) is 31.5 Å². The summed E-state index contributed by atoms with van der Waals surface area (Å²) in [5.74, 6) is 0. The van der Waals surface area contributed by atoms with Crippen LogP contribution in [0.25, 0.3) is 0 Å². The monoisotopic (exact) mass is 234 g/mol. The molecule has 1 aromatic heterocycles. The Bertz CT molecular complexity index is 432. The normalized spacial score (nSPS) is 9.75. The number of carboxylic acid groups (broad SMARTS) is 1. The predicted octanol–water partition coefficient (Wildman–Crippen LogP) is -0.175. The van der Waals surface area contributed by atoms with Crippen LogP contribution in [0.2, 0.25) is 0 Å². The molecule has 6 nitrogen and oxygen atoms in total. The van der Waals surface area contributed by atoms with Crippen LogP contribution in [-0.4, -0.2) is 20.8 Å². The molecule has 0 fully saturated rings. The van der Waals surface area contributed by atoms with E-state index in [0.717, 1.165) is 6.20 Å². The molecular weight excluding hydrogens is 232 g/mol. The minimum Gasteiger partial charge on any atom is -0.464 e. The van der Waals surface area contributed by atoms with Gasteiger partial charge in [-0.25, -0.2) is 14.2 Å². The topological polar surface area (TPSA) is 92.2 Å². The van der Waals surface area contributed by atoms with E-state index in [1.165, 1.54) is 0 Å². The highest BCUT2D eigenvalue weighted by molar-refractivity contribution is 9.10. The molecule has 0 aliphatic rings. The van der Waals surface area contributed by atoms with Crippen LogP contribution in [0.1, 0.15) is 0 Å². The van der Waals surface area contributed by atoms with E-state index in [2.05, 4.69) is 15.9 Å². The van der Waals surface area contributed by atoms with Gasteiger partial charge in [0.25, 0.3) is 5.56 Å². The smallest absolute Gasteiger partial charge is 0.419 e. The molecule has 12 heavy (non-hydrogen) atoms. The maximum Gasteiger partial charge on any atom is 0.419 e. The van der Waals surface area contributed by atoms with E-state index in [9.17, 15) is 14.4 Å². The van der Waals surface area contributed by atoms with Crippen LogP contribution in [-0.2, 0) is 0 Å². The first kappa shape index (κ1) is 8.72. The molecule has 0 aliphatic carbocycles. The van der Waals surface area contributed by atoms with Crippen LogP contribution in [0.5, 0.6) is 0 Å². The van der Waals surface area contributed by atoms with Gasteiger partial charge in [-0.2, -0.15) is 0 Å². The number of halogens is 1. The molecule has 2 N–H and O–H groups in total. The second kappa shape index (κ2) is 2.94. The van der Waals surface area contributed by atoms with Crippen LogP contribution in [0.3, 0.4) is 0 Å². The van der Waals surface area contributed by atoms with Crippen molar-refractivity contribution >= 4 is 22.0 Å². The van der Waals surface area contributed by atoms with Crippen molar-refractivity contribution in [2.75, 3.05) is 0 Å². The number of aromatic amines is 1. The molecule has 0 radical (unpaired) electrons. The fraction of sp³-hybridized carbons (Fsp3) is 0. The van der Waals surface area contributed by atoms with Crippen molar-refractivity contribution in [1.82, 2.24) is 9.55 Å². The lowest BCUT2D eigenvalue weighted by Crippen LogP contribution is -2.33. The van der Waals surface area contributed by atoms with E-state index in [-0.39, 0.29) is 4.47 Å². The van der Waals surface area contributed by atoms with Gasteiger partial charge in [0.05, 0.1) is 4.47 Å². The van der Waals surface area contributed by atoms with Crippen molar-refractivity contribution in [1.29, 1.82) is 0 Å². The lowest BCUT2D eigenvalue weighted by Gasteiger charge is -1.96. The highest BCUT2D eigenvalue weighted by Gasteiger charge is 2.06. The molecule has 0 bridgehead atoms. The zero-order valence-electron chi connectivity index (χ0n) is 5.57. The number of rotatable bonds is 0. The summed E-state index contributed by atoms with van der Waals surface area (Å²) >= 11 is 2.78. The van der Waals surface area contributed by atoms with Gasteiger partial charge in [0.1, 0.15) is 0 Å². The molecule has 0 saturated carbocycles. The minimum atomic E-state index is -1.45. The average molecular weight is 235 g/mol. The highest BCUT2D eigenvalue weighted by Crippen LogP contribution is 1.96. The Balaban J connectivity index is 3.54. The van der Waals surface area contributed by atoms with Crippen LogP contribution in [0.4, 0.5) is 4.79 Å². The average Bonchev–Trinajstić information content (AvgIpc) is 1.96. The van der Waals surface area contributed by atoms with E-state index >= 15 is 0 Å². The Hall–Kier alpha value is -1.37.